The molecule has 0 aromatic heterocycles. The number of halogens is 1. The molecule has 1 saturated heterocycles. The van der Waals surface area contributed by atoms with Gasteiger partial charge in [-0.15, -0.1) is 12.4 Å². The molecule has 2 amide bonds. The topological polar surface area (TPSA) is 52.7 Å². The van der Waals surface area contributed by atoms with E-state index in [9.17, 15) is 9.59 Å². The predicted octanol–water partition coefficient (Wildman–Crippen LogP) is 0.487. The number of nitrogens with zero attached hydrogens (tertiary/aromatic N) is 2. The lowest BCUT2D eigenvalue weighted by Gasteiger charge is -2.23. The van der Waals surface area contributed by atoms with Crippen molar-refractivity contribution in [2.24, 2.45) is 0 Å². The van der Waals surface area contributed by atoms with Crippen LogP contribution in [-0.4, -0.2) is 61.9 Å². The standard InChI is InChI=1S/C12H23N3O2.ClH/c1-14(2)11(16)5-4-6-12(17)15(3)10-7-8-13-9-10;/h10,13H,4-9H2,1-3H3;1H. The van der Waals surface area contributed by atoms with Crippen LogP contribution in [0.15, 0.2) is 0 Å². The van der Waals surface area contributed by atoms with E-state index in [1.807, 2.05) is 11.9 Å². The number of carbonyl (C=O) groups excluding carboxylic acids is 2. The molecule has 1 fully saturated rings. The highest BCUT2D eigenvalue weighted by Crippen LogP contribution is 2.09. The molecular formula is C12H24ClN3O2. The van der Waals surface area contributed by atoms with E-state index in [0.717, 1.165) is 19.5 Å². The number of nitrogens with one attached hydrogen (secondary N) is 1. The van der Waals surface area contributed by atoms with Crippen molar-refractivity contribution in [2.45, 2.75) is 31.7 Å². The molecule has 0 aromatic rings. The Kier molecular flexibility index (Phi) is 7.95. The predicted molar refractivity (Wildman–Crippen MR) is 73.8 cm³/mol. The molecule has 6 heteroatoms. The van der Waals surface area contributed by atoms with Gasteiger partial charge >= 0.3 is 0 Å². The summed E-state index contributed by atoms with van der Waals surface area (Å²) in [5.41, 5.74) is 0. The average Bonchev–Trinajstić information content (AvgIpc) is 2.80. The molecule has 0 saturated carbocycles. The molecule has 0 aromatic carbocycles. The van der Waals surface area contributed by atoms with Gasteiger partial charge in [0.25, 0.3) is 0 Å². The van der Waals surface area contributed by atoms with Crippen molar-refractivity contribution in [1.82, 2.24) is 15.1 Å². The van der Waals surface area contributed by atoms with Gasteiger partial charge in [0.15, 0.2) is 0 Å². The zero-order chi connectivity index (χ0) is 12.8. The molecule has 1 unspecified atom stereocenters. The maximum absolute atomic E-state index is 11.9. The lowest BCUT2D eigenvalue weighted by molar-refractivity contribution is -0.132. The maximum atomic E-state index is 11.9. The fourth-order valence-electron chi connectivity index (χ4n) is 1.96. The molecule has 1 atom stereocenters. The number of hydrogen-bond acceptors (Lipinski definition) is 3. The summed E-state index contributed by atoms with van der Waals surface area (Å²) < 4.78 is 0. The summed E-state index contributed by atoms with van der Waals surface area (Å²) in [4.78, 5) is 26.6. The number of hydrogen-bond donors (Lipinski definition) is 1. The van der Waals surface area contributed by atoms with E-state index >= 15 is 0 Å². The van der Waals surface area contributed by atoms with Crippen molar-refractivity contribution in [2.75, 3.05) is 34.2 Å². The summed E-state index contributed by atoms with van der Waals surface area (Å²) in [7, 11) is 5.33. The van der Waals surface area contributed by atoms with Gasteiger partial charge in [-0.05, 0) is 19.4 Å². The van der Waals surface area contributed by atoms with E-state index in [-0.39, 0.29) is 24.2 Å². The summed E-state index contributed by atoms with van der Waals surface area (Å²) in [5, 5.41) is 3.24. The molecule has 1 heterocycles. The fourth-order valence-corrected chi connectivity index (χ4v) is 1.96. The van der Waals surface area contributed by atoms with E-state index < -0.39 is 0 Å². The third-order valence-electron chi connectivity index (χ3n) is 3.26. The normalized spacial score (nSPS) is 18.1. The van der Waals surface area contributed by atoms with Gasteiger partial charge in [-0.3, -0.25) is 9.59 Å². The first kappa shape index (κ1) is 17.2. The molecule has 106 valence electrons. The molecule has 1 aliphatic heterocycles. The lowest BCUT2D eigenvalue weighted by atomic mass is 10.1. The smallest absolute Gasteiger partial charge is 0.222 e. The van der Waals surface area contributed by atoms with E-state index in [4.69, 9.17) is 0 Å². The zero-order valence-electron chi connectivity index (χ0n) is 11.4. The molecule has 0 bridgehead atoms. The molecule has 1 aliphatic rings. The quantitative estimate of drug-likeness (QED) is 0.796. The highest BCUT2D eigenvalue weighted by molar-refractivity contribution is 5.85. The molecule has 18 heavy (non-hydrogen) atoms. The molecule has 1 N–H and O–H groups in total. The zero-order valence-corrected chi connectivity index (χ0v) is 12.3. The van der Waals surface area contributed by atoms with Crippen LogP contribution in [0.4, 0.5) is 0 Å². The fraction of sp³-hybridized carbons (Fsp3) is 0.833. The van der Waals surface area contributed by atoms with Gasteiger partial charge in [-0.2, -0.15) is 0 Å². The van der Waals surface area contributed by atoms with E-state index in [1.165, 1.54) is 0 Å². The van der Waals surface area contributed by atoms with Crippen LogP contribution in [0.1, 0.15) is 25.7 Å². The van der Waals surface area contributed by atoms with Crippen LogP contribution >= 0.6 is 12.4 Å². The van der Waals surface area contributed by atoms with Gasteiger partial charge in [0.1, 0.15) is 0 Å². The molecule has 0 spiro atoms. The van der Waals surface area contributed by atoms with Gasteiger partial charge < -0.3 is 15.1 Å². The minimum absolute atomic E-state index is 0. The largest absolute Gasteiger partial charge is 0.349 e. The summed E-state index contributed by atoms with van der Waals surface area (Å²) >= 11 is 0. The Morgan fingerprint density at radius 3 is 2.28 bits per heavy atom. The Labute approximate surface area is 115 Å². The van der Waals surface area contributed by atoms with Crippen LogP contribution in [0.25, 0.3) is 0 Å². The van der Waals surface area contributed by atoms with E-state index in [1.54, 1.807) is 19.0 Å². The van der Waals surface area contributed by atoms with E-state index in [2.05, 4.69) is 5.32 Å². The third kappa shape index (κ3) is 5.23. The Bertz CT molecular complexity index is 278. The van der Waals surface area contributed by atoms with Crippen molar-refractivity contribution in [3.63, 3.8) is 0 Å². The van der Waals surface area contributed by atoms with E-state index in [0.29, 0.717) is 25.3 Å². The molecule has 5 nitrogen and oxygen atoms in total. The van der Waals surface area contributed by atoms with Crippen LogP contribution in [0, 0.1) is 0 Å². The average molecular weight is 278 g/mol. The first-order valence-corrected chi connectivity index (χ1v) is 6.19. The third-order valence-corrected chi connectivity index (χ3v) is 3.26. The molecule has 0 aliphatic carbocycles. The second-order valence-electron chi connectivity index (χ2n) is 4.79. The van der Waals surface area contributed by atoms with Crippen molar-refractivity contribution >= 4 is 24.2 Å². The maximum Gasteiger partial charge on any atom is 0.222 e. The Balaban J connectivity index is 0.00000289. The Morgan fingerprint density at radius 1 is 1.17 bits per heavy atom. The number of rotatable bonds is 5. The van der Waals surface area contributed by atoms with Crippen LogP contribution < -0.4 is 5.32 Å². The minimum atomic E-state index is 0. The second kappa shape index (κ2) is 8.32. The van der Waals surface area contributed by atoms with Crippen LogP contribution in [-0.2, 0) is 9.59 Å². The molecule has 0 radical (unpaired) electrons. The van der Waals surface area contributed by atoms with Crippen LogP contribution in [0.3, 0.4) is 0 Å². The Hall–Kier alpha value is -0.810. The Morgan fingerprint density at radius 2 is 1.78 bits per heavy atom. The van der Waals surface area contributed by atoms with Gasteiger partial charge in [-0.25, -0.2) is 0 Å². The SMILES string of the molecule is CN(C)C(=O)CCCC(=O)N(C)C1CCNC1.Cl. The van der Waals surface area contributed by atoms with Gasteiger partial charge in [0.05, 0.1) is 0 Å². The summed E-state index contributed by atoms with van der Waals surface area (Å²) in [6, 6.07) is 0.326. The van der Waals surface area contributed by atoms with Crippen molar-refractivity contribution in [3.8, 4) is 0 Å². The minimum Gasteiger partial charge on any atom is -0.349 e. The summed E-state index contributed by atoms with van der Waals surface area (Å²) in [5.74, 6) is 0.230. The van der Waals surface area contributed by atoms with Crippen molar-refractivity contribution < 1.29 is 9.59 Å². The number of likely N-dealkylation sites (N-methyl/N-ethyl adjacent to an activating group) is 1. The second-order valence-corrected chi connectivity index (χ2v) is 4.79. The highest BCUT2D eigenvalue weighted by atomic mass is 35.5. The monoisotopic (exact) mass is 277 g/mol. The van der Waals surface area contributed by atoms with Gasteiger partial charge in [0.2, 0.25) is 11.8 Å². The highest BCUT2D eigenvalue weighted by Gasteiger charge is 2.22. The van der Waals surface area contributed by atoms with Crippen LogP contribution in [0.2, 0.25) is 0 Å². The molecular weight excluding hydrogens is 254 g/mol. The van der Waals surface area contributed by atoms with Crippen LogP contribution in [0.5, 0.6) is 0 Å². The summed E-state index contributed by atoms with van der Waals surface area (Å²) in [6.07, 6.45) is 2.58. The van der Waals surface area contributed by atoms with Gasteiger partial charge in [-0.1, -0.05) is 0 Å². The van der Waals surface area contributed by atoms with Crippen molar-refractivity contribution in [1.29, 1.82) is 0 Å². The number of amides is 2. The van der Waals surface area contributed by atoms with Gasteiger partial charge in [0, 0.05) is 46.6 Å². The lowest BCUT2D eigenvalue weighted by Crippen LogP contribution is -2.38. The number of carbonyl (C=O) groups is 2. The van der Waals surface area contributed by atoms with Crippen molar-refractivity contribution in [3.05, 3.63) is 0 Å². The first-order chi connectivity index (χ1) is 8.02. The summed E-state index contributed by atoms with van der Waals surface area (Å²) in [6.45, 7) is 1.88. The molecule has 1 rings (SSSR count). The first-order valence-electron chi connectivity index (χ1n) is 6.19.